The van der Waals surface area contributed by atoms with Gasteiger partial charge in [-0.1, -0.05) is 20.3 Å². The Kier molecular flexibility index (Phi) is 7.07. The summed E-state index contributed by atoms with van der Waals surface area (Å²) < 4.78 is 4.78. The van der Waals surface area contributed by atoms with Gasteiger partial charge in [-0.05, 0) is 13.3 Å². The lowest BCUT2D eigenvalue weighted by atomic mass is 9.98. The summed E-state index contributed by atoms with van der Waals surface area (Å²) in [6, 6.07) is 0. The molecule has 1 atom stereocenters. The van der Waals surface area contributed by atoms with Crippen molar-refractivity contribution >= 4 is 11.8 Å². The number of rotatable bonds is 7. The Labute approximate surface area is 85.8 Å². The normalized spacial score (nSPS) is 12.2. The molecule has 0 aromatic heterocycles. The highest BCUT2D eigenvalue weighted by Gasteiger charge is 2.16. The van der Waals surface area contributed by atoms with E-state index < -0.39 is 0 Å². The van der Waals surface area contributed by atoms with Gasteiger partial charge in [0.1, 0.15) is 5.78 Å². The van der Waals surface area contributed by atoms with Gasteiger partial charge in [0.25, 0.3) is 0 Å². The summed E-state index contributed by atoms with van der Waals surface area (Å²) in [5, 5.41) is 0. The zero-order chi connectivity index (χ0) is 11.0. The van der Waals surface area contributed by atoms with E-state index in [0.717, 1.165) is 12.8 Å². The molecule has 82 valence electrons. The molecule has 0 rings (SSSR count). The van der Waals surface area contributed by atoms with E-state index in [1.165, 1.54) is 0 Å². The second kappa shape index (κ2) is 7.54. The Morgan fingerprint density at radius 3 is 2.43 bits per heavy atom. The first-order valence-electron chi connectivity index (χ1n) is 5.30. The lowest BCUT2D eigenvalue weighted by molar-refractivity contribution is -0.145. The first kappa shape index (κ1) is 13.1. The van der Waals surface area contributed by atoms with Gasteiger partial charge >= 0.3 is 5.97 Å². The van der Waals surface area contributed by atoms with E-state index in [-0.39, 0.29) is 24.1 Å². The van der Waals surface area contributed by atoms with E-state index in [9.17, 15) is 9.59 Å². The van der Waals surface area contributed by atoms with E-state index >= 15 is 0 Å². The number of Topliss-reactive ketones (excluding diaryl/α,β-unsaturated/α-hetero) is 1. The highest BCUT2D eigenvalue weighted by atomic mass is 16.5. The lowest BCUT2D eigenvalue weighted by Gasteiger charge is -2.08. The number of ether oxygens (including phenoxy) is 1. The fourth-order valence-corrected chi connectivity index (χ4v) is 1.18. The predicted octanol–water partition coefficient (Wildman–Crippen LogP) is 2.33. The zero-order valence-electron chi connectivity index (χ0n) is 9.34. The SMILES string of the molecule is CCCCC(=O)C(C)CC(=O)OCC. The van der Waals surface area contributed by atoms with Gasteiger partial charge in [0, 0.05) is 12.3 Å². The number of carbonyl (C=O) groups is 2. The summed E-state index contributed by atoms with van der Waals surface area (Å²) in [4.78, 5) is 22.5. The van der Waals surface area contributed by atoms with Crippen molar-refractivity contribution in [1.29, 1.82) is 0 Å². The van der Waals surface area contributed by atoms with Gasteiger partial charge < -0.3 is 4.74 Å². The van der Waals surface area contributed by atoms with Crippen molar-refractivity contribution in [3.8, 4) is 0 Å². The summed E-state index contributed by atoms with van der Waals surface area (Å²) in [6.07, 6.45) is 2.72. The first-order chi connectivity index (χ1) is 6.61. The summed E-state index contributed by atoms with van der Waals surface area (Å²) in [7, 11) is 0. The molecule has 0 radical (unpaired) electrons. The van der Waals surface area contributed by atoms with E-state index in [1.807, 2.05) is 6.92 Å². The number of esters is 1. The van der Waals surface area contributed by atoms with E-state index in [2.05, 4.69) is 0 Å². The van der Waals surface area contributed by atoms with Gasteiger partial charge in [-0.3, -0.25) is 9.59 Å². The molecule has 0 aliphatic rings. The summed E-state index contributed by atoms with van der Waals surface area (Å²) in [5.74, 6) is -0.301. The van der Waals surface area contributed by atoms with Crippen molar-refractivity contribution in [3.05, 3.63) is 0 Å². The molecule has 3 nitrogen and oxygen atoms in total. The van der Waals surface area contributed by atoms with Crippen LogP contribution in [0.5, 0.6) is 0 Å². The molecular formula is C11H20O3. The number of unbranched alkanes of at least 4 members (excludes halogenated alkanes) is 1. The number of ketones is 1. The fourth-order valence-electron chi connectivity index (χ4n) is 1.18. The predicted molar refractivity (Wildman–Crippen MR) is 54.9 cm³/mol. The van der Waals surface area contributed by atoms with Crippen molar-refractivity contribution in [1.82, 2.24) is 0 Å². The van der Waals surface area contributed by atoms with Gasteiger partial charge in [0.15, 0.2) is 0 Å². The van der Waals surface area contributed by atoms with Crippen LogP contribution in [0.25, 0.3) is 0 Å². The fraction of sp³-hybridized carbons (Fsp3) is 0.818. The Bertz CT molecular complexity index is 187. The van der Waals surface area contributed by atoms with Crippen LogP contribution in [0.1, 0.15) is 46.5 Å². The minimum atomic E-state index is -0.273. The van der Waals surface area contributed by atoms with E-state index in [4.69, 9.17) is 4.74 Å². The molecule has 1 unspecified atom stereocenters. The second-order valence-electron chi connectivity index (χ2n) is 3.48. The van der Waals surface area contributed by atoms with Crippen molar-refractivity contribution in [2.75, 3.05) is 6.61 Å². The summed E-state index contributed by atoms with van der Waals surface area (Å²) >= 11 is 0. The van der Waals surface area contributed by atoms with Crippen LogP contribution in [-0.4, -0.2) is 18.4 Å². The maximum Gasteiger partial charge on any atom is 0.306 e. The Morgan fingerprint density at radius 1 is 1.29 bits per heavy atom. The Morgan fingerprint density at radius 2 is 1.93 bits per heavy atom. The molecule has 0 fully saturated rings. The van der Waals surface area contributed by atoms with E-state index in [0.29, 0.717) is 13.0 Å². The van der Waals surface area contributed by atoms with Crippen LogP contribution in [-0.2, 0) is 14.3 Å². The standard InChI is InChI=1S/C11H20O3/c1-4-6-7-10(12)9(3)8-11(13)14-5-2/h9H,4-8H2,1-3H3. The van der Waals surface area contributed by atoms with E-state index in [1.54, 1.807) is 13.8 Å². The average molecular weight is 200 g/mol. The number of hydrogen-bond acceptors (Lipinski definition) is 3. The molecule has 0 saturated carbocycles. The molecule has 0 amide bonds. The highest BCUT2D eigenvalue weighted by Crippen LogP contribution is 2.09. The number of carbonyl (C=O) groups excluding carboxylic acids is 2. The smallest absolute Gasteiger partial charge is 0.306 e. The molecule has 0 bridgehead atoms. The summed E-state index contributed by atoms with van der Waals surface area (Å²) in [6.45, 7) is 5.98. The van der Waals surface area contributed by atoms with Crippen molar-refractivity contribution in [2.24, 2.45) is 5.92 Å². The Balaban J connectivity index is 3.76. The van der Waals surface area contributed by atoms with Crippen molar-refractivity contribution < 1.29 is 14.3 Å². The largest absolute Gasteiger partial charge is 0.466 e. The minimum Gasteiger partial charge on any atom is -0.466 e. The molecule has 0 saturated heterocycles. The molecule has 0 aromatic carbocycles. The molecule has 0 N–H and O–H groups in total. The topological polar surface area (TPSA) is 43.4 Å². The zero-order valence-corrected chi connectivity index (χ0v) is 9.34. The molecular weight excluding hydrogens is 180 g/mol. The minimum absolute atomic E-state index is 0.167. The molecule has 0 aromatic rings. The molecule has 0 aliphatic carbocycles. The van der Waals surface area contributed by atoms with Crippen LogP contribution in [0.2, 0.25) is 0 Å². The maximum absolute atomic E-state index is 11.4. The monoisotopic (exact) mass is 200 g/mol. The van der Waals surface area contributed by atoms with Crippen molar-refractivity contribution in [3.63, 3.8) is 0 Å². The van der Waals surface area contributed by atoms with Gasteiger partial charge in [0.05, 0.1) is 13.0 Å². The highest BCUT2D eigenvalue weighted by molar-refractivity contribution is 5.84. The van der Waals surface area contributed by atoms with Crippen molar-refractivity contribution in [2.45, 2.75) is 46.5 Å². The molecule has 14 heavy (non-hydrogen) atoms. The van der Waals surface area contributed by atoms with Crippen LogP contribution in [0.15, 0.2) is 0 Å². The molecule has 0 aliphatic heterocycles. The summed E-state index contributed by atoms with van der Waals surface area (Å²) in [5.41, 5.74) is 0. The van der Waals surface area contributed by atoms with Gasteiger partial charge in [0.2, 0.25) is 0 Å². The molecule has 0 heterocycles. The van der Waals surface area contributed by atoms with Gasteiger partial charge in [-0.2, -0.15) is 0 Å². The third-order valence-corrected chi connectivity index (χ3v) is 2.10. The third-order valence-electron chi connectivity index (χ3n) is 2.10. The van der Waals surface area contributed by atoms with Crippen LogP contribution < -0.4 is 0 Å². The molecule has 3 heteroatoms. The maximum atomic E-state index is 11.4. The second-order valence-corrected chi connectivity index (χ2v) is 3.48. The van der Waals surface area contributed by atoms with Gasteiger partial charge in [-0.25, -0.2) is 0 Å². The van der Waals surface area contributed by atoms with Crippen LogP contribution in [0.4, 0.5) is 0 Å². The Hall–Kier alpha value is -0.860. The quantitative estimate of drug-likeness (QED) is 0.592. The van der Waals surface area contributed by atoms with Crippen LogP contribution >= 0.6 is 0 Å². The average Bonchev–Trinajstić information content (AvgIpc) is 2.14. The first-order valence-corrected chi connectivity index (χ1v) is 5.30. The number of hydrogen-bond donors (Lipinski definition) is 0. The van der Waals surface area contributed by atoms with Crippen LogP contribution in [0.3, 0.4) is 0 Å². The lowest BCUT2D eigenvalue weighted by Crippen LogP contribution is -2.17. The molecule has 0 spiro atoms. The van der Waals surface area contributed by atoms with Crippen LogP contribution in [0, 0.1) is 5.92 Å². The third kappa shape index (κ3) is 5.73. The van der Waals surface area contributed by atoms with Gasteiger partial charge in [-0.15, -0.1) is 0 Å².